The van der Waals surface area contributed by atoms with E-state index in [1.165, 1.54) is 11.1 Å². The molecule has 0 saturated heterocycles. The second kappa shape index (κ2) is 7.07. The highest BCUT2D eigenvalue weighted by molar-refractivity contribution is 5.95. The van der Waals surface area contributed by atoms with E-state index in [2.05, 4.69) is 36.5 Å². The number of hydrogen-bond donors (Lipinski definition) is 1. The van der Waals surface area contributed by atoms with Gasteiger partial charge in [-0.3, -0.25) is 4.79 Å². The van der Waals surface area contributed by atoms with Crippen LogP contribution in [0.4, 0.5) is 0 Å². The minimum atomic E-state index is 0.0279. The van der Waals surface area contributed by atoms with Gasteiger partial charge in [-0.05, 0) is 50.8 Å². The Morgan fingerprint density at radius 3 is 2.33 bits per heavy atom. The van der Waals surface area contributed by atoms with Crippen LogP contribution in [-0.4, -0.2) is 12.5 Å². The highest BCUT2D eigenvalue weighted by Crippen LogP contribution is 2.10. The first kappa shape index (κ1) is 15.3. The van der Waals surface area contributed by atoms with Gasteiger partial charge < -0.3 is 5.32 Å². The van der Waals surface area contributed by atoms with E-state index in [9.17, 15) is 4.79 Å². The van der Waals surface area contributed by atoms with Crippen molar-refractivity contribution in [2.45, 2.75) is 33.6 Å². The molecule has 0 spiro atoms. The van der Waals surface area contributed by atoms with Crippen LogP contribution in [0.1, 0.15) is 39.0 Å². The van der Waals surface area contributed by atoms with E-state index < -0.39 is 0 Å². The molecule has 0 saturated carbocycles. The van der Waals surface area contributed by atoms with E-state index >= 15 is 0 Å². The molecule has 0 heterocycles. The molecule has 21 heavy (non-hydrogen) atoms. The Kier molecular flexibility index (Phi) is 5.15. The molecule has 0 radical (unpaired) electrons. The standard InChI is InChI=1S/C19H23NO/c1-14-7-10-17(11-8-14)5-4-12-20-19(21)18-13-15(2)6-9-16(18)3/h6-11,13H,4-5,12H2,1-3H3,(H,20,21). The Balaban J connectivity index is 1.81. The molecule has 2 aromatic carbocycles. The van der Waals surface area contributed by atoms with Crippen molar-refractivity contribution in [3.63, 3.8) is 0 Å². The fourth-order valence-electron chi connectivity index (χ4n) is 2.32. The van der Waals surface area contributed by atoms with Crippen molar-refractivity contribution in [1.82, 2.24) is 5.32 Å². The summed E-state index contributed by atoms with van der Waals surface area (Å²) in [5.74, 6) is 0.0279. The molecule has 0 atom stereocenters. The third-order valence-electron chi connectivity index (χ3n) is 3.69. The van der Waals surface area contributed by atoms with Gasteiger partial charge in [0.05, 0.1) is 0 Å². The zero-order valence-electron chi connectivity index (χ0n) is 13.1. The molecule has 0 bridgehead atoms. The Hall–Kier alpha value is -2.09. The lowest BCUT2D eigenvalue weighted by atomic mass is 10.0. The SMILES string of the molecule is Cc1ccc(CCCNC(=O)c2cc(C)ccc2C)cc1. The van der Waals surface area contributed by atoms with Crippen LogP contribution >= 0.6 is 0 Å². The van der Waals surface area contributed by atoms with Crippen molar-refractivity contribution in [3.8, 4) is 0 Å². The summed E-state index contributed by atoms with van der Waals surface area (Å²) >= 11 is 0. The van der Waals surface area contributed by atoms with Crippen LogP contribution in [0, 0.1) is 20.8 Å². The summed E-state index contributed by atoms with van der Waals surface area (Å²) in [5.41, 5.74) is 5.52. The van der Waals surface area contributed by atoms with E-state index in [4.69, 9.17) is 0 Å². The number of amides is 1. The van der Waals surface area contributed by atoms with Crippen molar-refractivity contribution in [3.05, 3.63) is 70.3 Å². The van der Waals surface area contributed by atoms with Crippen LogP contribution in [0.25, 0.3) is 0 Å². The minimum absolute atomic E-state index is 0.0279. The molecule has 2 aromatic rings. The van der Waals surface area contributed by atoms with Crippen LogP contribution < -0.4 is 5.32 Å². The normalized spacial score (nSPS) is 10.4. The second-order valence-electron chi connectivity index (χ2n) is 5.66. The lowest BCUT2D eigenvalue weighted by Crippen LogP contribution is -2.25. The lowest BCUT2D eigenvalue weighted by molar-refractivity contribution is 0.0952. The zero-order chi connectivity index (χ0) is 15.2. The largest absolute Gasteiger partial charge is 0.352 e. The topological polar surface area (TPSA) is 29.1 Å². The molecular weight excluding hydrogens is 258 g/mol. The quantitative estimate of drug-likeness (QED) is 0.825. The molecule has 0 aliphatic rings. The highest BCUT2D eigenvalue weighted by atomic mass is 16.1. The maximum absolute atomic E-state index is 12.2. The first-order valence-corrected chi connectivity index (χ1v) is 7.47. The van der Waals surface area contributed by atoms with Gasteiger partial charge in [-0.25, -0.2) is 0 Å². The number of benzene rings is 2. The van der Waals surface area contributed by atoms with Crippen LogP contribution in [0.5, 0.6) is 0 Å². The van der Waals surface area contributed by atoms with E-state index in [1.807, 2.05) is 32.0 Å². The first-order valence-electron chi connectivity index (χ1n) is 7.47. The second-order valence-corrected chi connectivity index (χ2v) is 5.66. The molecule has 2 rings (SSSR count). The molecule has 0 unspecified atom stereocenters. The maximum Gasteiger partial charge on any atom is 0.251 e. The summed E-state index contributed by atoms with van der Waals surface area (Å²) < 4.78 is 0. The molecule has 0 aromatic heterocycles. The maximum atomic E-state index is 12.2. The van der Waals surface area contributed by atoms with Crippen molar-refractivity contribution < 1.29 is 4.79 Å². The van der Waals surface area contributed by atoms with Crippen molar-refractivity contribution in [1.29, 1.82) is 0 Å². The van der Waals surface area contributed by atoms with Gasteiger partial charge in [-0.1, -0.05) is 47.5 Å². The molecule has 1 amide bonds. The van der Waals surface area contributed by atoms with E-state index in [0.717, 1.165) is 29.5 Å². The van der Waals surface area contributed by atoms with Crippen molar-refractivity contribution in [2.75, 3.05) is 6.54 Å². The molecular formula is C19H23NO. The number of carbonyl (C=O) groups excluding carboxylic acids is 1. The fraction of sp³-hybridized carbons (Fsp3) is 0.316. The third-order valence-corrected chi connectivity index (χ3v) is 3.69. The average molecular weight is 281 g/mol. The molecule has 2 nitrogen and oxygen atoms in total. The van der Waals surface area contributed by atoms with Crippen LogP contribution in [0.15, 0.2) is 42.5 Å². The number of rotatable bonds is 5. The summed E-state index contributed by atoms with van der Waals surface area (Å²) in [6.07, 6.45) is 1.95. The summed E-state index contributed by atoms with van der Waals surface area (Å²) in [4.78, 5) is 12.2. The fourth-order valence-corrected chi connectivity index (χ4v) is 2.32. The Bertz CT molecular complexity index is 614. The van der Waals surface area contributed by atoms with Crippen LogP contribution in [0.2, 0.25) is 0 Å². The molecule has 110 valence electrons. The van der Waals surface area contributed by atoms with Gasteiger partial charge in [0.25, 0.3) is 5.91 Å². The van der Waals surface area contributed by atoms with Gasteiger partial charge in [-0.2, -0.15) is 0 Å². The van der Waals surface area contributed by atoms with Gasteiger partial charge in [0.15, 0.2) is 0 Å². The average Bonchev–Trinajstić information content (AvgIpc) is 2.47. The van der Waals surface area contributed by atoms with Crippen molar-refractivity contribution in [2.24, 2.45) is 0 Å². The third kappa shape index (κ3) is 4.45. The number of nitrogens with one attached hydrogen (secondary N) is 1. The smallest absolute Gasteiger partial charge is 0.251 e. The predicted molar refractivity (Wildman–Crippen MR) is 87.7 cm³/mol. The van der Waals surface area contributed by atoms with Crippen LogP contribution in [-0.2, 0) is 6.42 Å². The number of carbonyl (C=O) groups is 1. The molecule has 0 aliphatic carbocycles. The van der Waals surface area contributed by atoms with Gasteiger partial charge in [0.2, 0.25) is 0 Å². The molecule has 1 N–H and O–H groups in total. The van der Waals surface area contributed by atoms with Gasteiger partial charge >= 0.3 is 0 Å². The van der Waals surface area contributed by atoms with Gasteiger partial charge in [-0.15, -0.1) is 0 Å². The van der Waals surface area contributed by atoms with Gasteiger partial charge in [0, 0.05) is 12.1 Å². The predicted octanol–water partition coefficient (Wildman–Crippen LogP) is 3.97. The summed E-state index contributed by atoms with van der Waals surface area (Å²) in [5, 5.41) is 3.01. The molecule has 0 aliphatic heterocycles. The molecule has 0 fully saturated rings. The van der Waals surface area contributed by atoms with E-state index in [0.29, 0.717) is 6.54 Å². The summed E-state index contributed by atoms with van der Waals surface area (Å²) in [6, 6.07) is 14.5. The van der Waals surface area contributed by atoms with Crippen molar-refractivity contribution >= 4 is 5.91 Å². The number of hydrogen-bond acceptors (Lipinski definition) is 1. The number of aryl methyl sites for hydroxylation is 4. The Morgan fingerprint density at radius 1 is 0.952 bits per heavy atom. The lowest BCUT2D eigenvalue weighted by Gasteiger charge is -2.09. The monoisotopic (exact) mass is 281 g/mol. The van der Waals surface area contributed by atoms with Crippen LogP contribution in [0.3, 0.4) is 0 Å². The van der Waals surface area contributed by atoms with E-state index in [1.54, 1.807) is 0 Å². The zero-order valence-corrected chi connectivity index (χ0v) is 13.1. The summed E-state index contributed by atoms with van der Waals surface area (Å²) in [6.45, 7) is 6.78. The highest BCUT2D eigenvalue weighted by Gasteiger charge is 2.08. The first-order chi connectivity index (χ1) is 10.1. The molecule has 2 heteroatoms. The Morgan fingerprint density at radius 2 is 1.62 bits per heavy atom. The Labute approximate surface area is 127 Å². The minimum Gasteiger partial charge on any atom is -0.352 e. The van der Waals surface area contributed by atoms with Gasteiger partial charge in [0.1, 0.15) is 0 Å². The summed E-state index contributed by atoms with van der Waals surface area (Å²) in [7, 11) is 0. The van der Waals surface area contributed by atoms with E-state index in [-0.39, 0.29) is 5.91 Å².